The third kappa shape index (κ3) is 3.09. The van der Waals surface area contributed by atoms with Crippen LogP contribution in [0.5, 0.6) is 0 Å². The summed E-state index contributed by atoms with van der Waals surface area (Å²) in [6, 6.07) is 0. The molecule has 4 aliphatic carbocycles. The zero-order chi connectivity index (χ0) is 24.2. The number of ether oxygens (including phenoxy) is 1. The van der Waals surface area contributed by atoms with Gasteiger partial charge in [0.2, 0.25) is 0 Å². The van der Waals surface area contributed by atoms with Crippen LogP contribution in [0.25, 0.3) is 0 Å². The van der Waals surface area contributed by atoms with Gasteiger partial charge in [0.1, 0.15) is 5.78 Å². The molecule has 8 atom stereocenters. The van der Waals surface area contributed by atoms with Gasteiger partial charge in [0.15, 0.2) is 0 Å². The average Bonchev–Trinajstić information content (AvgIpc) is 2.81. The van der Waals surface area contributed by atoms with Crippen molar-refractivity contribution in [2.75, 3.05) is 0 Å². The third-order valence-corrected chi connectivity index (χ3v) is 12.2. The molecule has 1 aliphatic heterocycles. The molecule has 0 spiro atoms. The Morgan fingerprint density at radius 2 is 1.64 bits per heavy atom. The largest absolute Gasteiger partial charge is 0.388 e. The van der Waals surface area contributed by atoms with Crippen molar-refractivity contribution in [2.24, 2.45) is 39.4 Å². The third-order valence-electron chi connectivity index (χ3n) is 12.2. The highest BCUT2D eigenvalue weighted by molar-refractivity contribution is 5.85. The van der Waals surface area contributed by atoms with Crippen LogP contribution >= 0.6 is 0 Å². The van der Waals surface area contributed by atoms with Crippen molar-refractivity contribution in [3.63, 3.8) is 0 Å². The Kier molecular flexibility index (Phi) is 5.24. The lowest BCUT2D eigenvalue weighted by atomic mass is 9.43. The molecule has 186 valence electrons. The average molecular weight is 457 g/mol. The van der Waals surface area contributed by atoms with Crippen LogP contribution in [0.1, 0.15) is 113 Å². The summed E-state index contributed by atoms with van der Waals surface area (Å²) in [6.45, 7) is 18.4. The Morgan fingerprint density at radius 3 is 2.30 bits per heavy atom. The van der Waals surface area contributed by atoms with Crippen LogP contribution in [-0.2, 0) is 9.53 Å². The molecule has 1 heterocycles. The van der Waals surface area contributed by atoms with Gasteiger partial charge in [-0.25, -0.2) is 0 Å². The summed E-state index contributed by atoms with van der Waals surface area (Å²) in [5.41, 5.74) is 3.04. The van der Waals surface area contributed by atoms with Gasteiger partial charge in [-0.3, -0.25) is 4.79 Å². The van der Waals surface area contributed by atoms with Crippen LogP contribution in [0.15, 0.2) is 11.1 Å². The first kappa shape index (κ1) is 24.0. The molecule has 5 aliphatic rings. The minimum Gasteiger partial charge on any atom is -0.388 e. The van der Waals surface area contributed by atoms with E-state index in [9.17, 15) is 9.90 Å². The van der Waals surface area contributed by atoms with Gasteiger partial charge in [0, 0.05) is 11.8 Å². The highest BCUT2D eigenvalue weighted by atomic mass is 16.5. The monoisotopic (exact) mass is 456 g/mol. The summed E-state index contributed by atoms with van der Waals surface area (Å²) in [6.07, 6.45) is 9.86. The number of carbonyl (C=O) groups is 1. The lowest BCUT2D eigenvalue weighted by molar-refractivity contribution is -0.139. The van der Waals surface area contributed by atoms with Crippen molar-refractivity contribution in [2.45, 2.75) is 131 Å². The van der Waals surface area contributed by atoms with E-state index in [2.05, 4.69) is 41.5 Å². The van der Waals surface area contributed by atoms with Crippen molar-refractivity contribution < 1.29 is 14.6 Å². The van der Waals surface area contributed by atoms with E-state index in [1.54, 1.807) is 11.1 Å². The van der Waals surface area contributed by atoms with E-state index in [1.807, 2.05) is 13.8 Å². The predicted molar refractivity (Wildman–Crippen MR) is 133 cm³/mol. The van der Waals surface area contributed by atoms with Gasteiger partial charge in [-0.1, -0.05) is 52.7 Å². The Morgan fingerprint density at radius 1 is 0.939 bits per heavy atom. The Labute approximate surface area is 202 Å². The summed E-state index contributed by atoms with van der Waals surface area (Å²) in [5.74, 6) is 2.12. The molecule has 0 unspecified atom stereocenters. The summed E-state index contributed by atoms with van der Waals surface area (Å²) in [7, 11) is 0. The molecule has 0 aromatic rings. The number of carbonyl (C=O) groups excluding carboxylic acids is 1. The first-order valence-corrected chi connectivity index (χ1v) is 13.8. The van der Waals surface area contributed by atoms with Crippen LogP contribution in [0.2, 0.25) is 0 Å². The SMILES string of the molecule is C[C@@H]1CC[C@H](C(C)(C)O)O[C@H]2C[C@@]3(C)C4=C(CC[C@]3(C)[C@@H]12)[C@@]1(C)CCC(=O)C(C)(C)[C@@H]1CC4. The number of hydrogen-bond acceptors (Lipinski definition) is 3. The van der Waals surface area contributed by atoms with Gasteiger partial charge < -0.3 is 9.84 Å². The Bertz CT molecular complexity index is 877. The van der Waals surface area contributed by atoms with Crippen LogP contribution in [0.4, 0.5) is 0 Å². The van der Waals surface area contributed by atoms with Crippen molar-refractivity contribution in [1.29, 1.82) is 0 Å². The molecule has 0 aromatic heterocycles. The van der Waals surface area contributed by atoms with E-state index in [0.717, 1.165) is 44.9 Å². The number of allylic oxidation sites excluding steroid dienone is 2. The van der Waals surface area contributed by atoms with Gasteiger partial charge >= 0.3 is 0 Å². The fourth-order valence-corrected chi connectivity index (χ4v) is 10.1. The van der Waals surface area contributed by atoms with Crippen LogP contribution in [0.3, 0.4) is 0 Å². The number of Topliss-reactive ketones (excluding diaryl/α,β-unsaturated/α-hetero) is 1. The highest BCUT2D eigenvalue weighted by Gasteiger charge is 2.66. The number of hydrogen-bond donors (Lipinski definition) is 1. The quantitative estimate of drug-likeness (QED) is 0.438. The molecule has 33 heavy (non-hydrogen) atoms. The minimum absolute atomic E-state index is 0.0748. The second kappa shape index (κ2) is 7.19. The molecule has 5 rings (SSSR count). The van der Waals surface area contributed by atoms with E-state index in [0.29, 0.717) is 23.5 Å². The lowest BCUT2D eigenvalue weighted by Gasteiger charge is -2.60. The van der Waals surface area contributed by atoms with Crippen molar-refractivity contribution in [3.8, 4) is 0 Å². The first-order valence-electron chi connectivity index (χ1n) is 13.8. The Balaban J connectivity index is 1.57. The molecule has 1 saturated heterocycles. The Hall–Kier alpha value is -0.670. The molecule has 3 fully saturated rings. The maximum absolute atomic E-state index is 12.9. The standard InChI is InChI=1S/C30H48O3/c1-18-9-12-24(27(4,5)32)33-21-17-30(8)20-10-11-22-26(2,3)23(31)14-15-28(22,6)19(20)13-16-29(30,7)25(18)21/h18,21-22,24-25,32H,9-17H2,1-8H3/t18-,21+,22+,24-,25+,28-,29-,30+/m1/s1. The molecule has 3 nitrogen and oxygen atoms in total. The summed E-state index contributed by atoms with van der Waals surface area (Å²) in [4.78, 5) is 12.9. The summed E-state index contributed by atoms with van der Waals surface area (Å²) < 4.78 is 6.83. The van der Waals surface area contributed by atoms with Gasteiger partial charge in [-0.2, -0.15) is 0 Å². The maximum Gasteiger partial charge on any atom is 0.138 e. The normalized spacial score (nSPS) is 49.6. The molecule has 0 bridgehead atoms. The molecule has 3 heteroatoms. The van der Waals surface area contributed by atoms with Gasteiger partial charge in [0.25, 0.3) is 0 Å². The zero-order valence-electron chi connectivity index (χ0n) is 22.5. The number of fused-ring (bicyclic) bond motifs is 6. The van der Waals surface area contributed by atoms with Gasteiger partial charge in [-0.05, 0) is 99.2 Å². The predicted octanol–water partition coefficient (Wildman–Crippen LogP) is 6.87. The van der Waals surface area contributed by atoms with E-state index < -0.39 is 5.60 Å². The molecule has 0 aromatic carbocycles. The molecule has 0 radical (unpaired) electrons. The van der Waals surface area contributed by atoms with E-state index in [-0.39, 0.29) is 33.9 Å². The number of ketones is 1. The fraction of sp³-hybridized carbons (Fsp3) is 0.900. The lowest BCUT2D eigenvalue weighted by Crippen LogP contribution is -2.54. The number of aliphatic hydroxyl groups is 1. The molecule has 0 amide bonds. The molecule has 2 saturated carbocycles. The first-order chi connectivity index (χ1) is 15.2. The smallest absolute Gasteiger partial charge is 0.138 e. The maximum atomic E-state index is 12.9. The minimum atomic E-state index is -0.791. The van der Waals surface area contributed by atoms with Crippen molar-refractivity contribution >= 4 is 5.78 Å². The topological polar surface area (TPSA) is 46.5 Å². The fourth-order valence-electron chi connectivity index (χ4n) is 10.1. The van der Waals surface area contributed by atoms with Crippen LogP contribution in [0, 0.1) is 39.4 Å². The van der Waals surface area contributed by atoms with Crippen LogP contribution in [-0.4, -0.2) is 28.7 Å². The van der Waals surface area contributed by atoms with E-state index in [4.69, 9.17) is 4.74 Å². The van der Waals surface area contributed by atoms with Gasteiger partial charge in [0.05, 0.1) is 17.8 Å². The second-order valence-electron chi connectivity index (χ2n) is 14.5. The summed E-state index contributed by atoms with van der Waals surface area (Å²) in [5, 5.41) is 10.8. The van der Waals surface area contributed by atoms with E-state index >= 15 is 0 Å². The van der Waals surface area contributed by atoms with Crippen molar-refractivity contribution in [1.82, 2.24) is 0 Å². The molecular formula is C30H48O3. The second-order valence-corrected chi connectivity index (χ2v) is 14.5. The van der Waals surface area contributed by atoms with Gasteiger partial charge in [-0.15, -0.1) is 0 Å². The molecular weight excluding hydrogens is 408 g/mol. The highest BCUT2D eigenvalue weighted by Crippen LogP contribution is 2.73. The van der Waals surface area contributed by atoms with Crippen molar-refractivity contribution in [3.05, 3.63) is 11.1 Å². The number of rotatable bonds is 1. The zero-order valence-corrected chi connectivity index (χ0v) is 22.5. The van der Waals surface area contributed by atoms with Crippen LogP contribution < -0.4 is 0 Å². The summed E-state index contributed by atoms with van der Waals surface area (Å²) >= 11 is 0. The van der Waals surface area contributed by atoms with E-state index in [1.165, 1.54) is 12.8 Å². The molecule has 1 N–H and O–H groups in total.